The maximum atomic E-state index is 13.8. The Labute approximate surface area is 285 Å². The van der Waals surface area contributed by atoms with E-state index >= 15 is 0 Å². The van der Waals surface area contributed by atoms with Gasteiger partial charge in [0.15, 0.2) is 0 Å². The van der Waals surface area contributed by atoms with E-state index in [-0.39, 0.29) is 30.2 Å². The third kappa shape index (κ3) is 5.55. The number of aromatic nitrogens is 4. The Hall–Kier alpha value is -4.72. The predicted molar refractivity (Wildman–Crippen MR) is 188 cm³/mol. The minimum Gasteiger partial charge on any atom is -0.392 e. The third-order valence-electron chi connectivity index (χ3n) is 10.4. The number of anilines is 4. The zero-order chi connectivity index (χ0) is 34.0. The summed E-state index contributed by atoms with van der Waals surface area (Å²) in [5.41, 5.74) is 9.50. The first-order valence-corrected chi connectivity index (χ1v) is 17.0. The molecule has 3 aliphatic heterocycles. The average molecular weight is 666 g/mol. The van der Waals surface area contributed by atoms with E-state index in [9.17, 15) is 14.7 Å². The Morgan fingerprint density at radius 1 is 1.10 bits per heavy atom. The van der Waals surface area contributed by atoms with E-state index in [4.69, 9.17) is 4.74 Å². The van der Waals surface area contributed by atoms with Gasteiger partial charge in [0.05, 0.1) is 37.7 Å². The highest BCUT2D eigenvalue weighted by Crippen LogP contribution is 2.39. The van der Waals surface area contributed by atoms with Crippen LogP contribution in [0.3, 0.4) is 0 Å². The van der Waals surface area contributed by atoms with Gasteiger partial charge in [-0.1, -0.05) is 13.8 Å². The highest BCUT2D eigenvalue weighted by atomic mass is 16.5. The number of carbonyl (C=O) groups is 1. The number of nitrogens with one attached hydrogen (secondary N) is 2. The summed E-state index contributed by atoms with van der Waals surface area (Å²) >= 11 is 0. The van der Waals surface area contributed by atoms with E-state index in [0.29, 0.717) is 51.8 Å². The zero-order valence-electron chi connectivity index (χ0n) is 28.4. The number of aliphatic hydroxyl groups excluding tert-OH is 1. The Bertz CT molecular complexity index is 1980. The number of carbonyl (C=O) groups excluding carboxylic acids is 1. The number of aryl methyl sites for hydroxylation is 1. The quantitative estimate of drug-likeness (QED) is 0.271. The Morgan fingerprint density at radius 2 is 1.94 bits per heavy atom. The van der Waals surface area contributed by atoms with Gasteiger partial charge in [-0.15, -0.1) is 0 Å². The van der Waals surface area contributed by atoms with E-state index in [2.05, 4.69) is 51.3 Å². The summed E-state index contributed by atoms with van der Waals surface area (Å²) < 4.78 is 8.81. The lowest BCUT2D eigenvalue weighted by molar-refractivity contribution is -0.0691. The van der Waals surface area contributed by atoms with Crippen molar-refractivity contribution in [1.82, 2.24) is 24.1 Å². The number of nitrogens with zero attached hydrogens (tertiary/aromatic N) is 7. The molecule has 8 rings (SSSR count). The molecule has 0 spiro atoms. The topological polar surface area (TPSA) is 133 Å². The number of hydrogen-bond acceptors (Lipinski definition) is 10. The van der Waals surface area contributed by atoms with Crippen LogP contribution in [0.2, 0.25) is 0 Å². The molecule has 0 bridgehead atoms. The second kappa shape index (κ2) is 12.0. The van der Waals surface area contributed by atoms with Crippen LogP contribution in [0.4, 0.5) is 23.0 Å². The summed E-state index contributed by atoms with van der Waals surface area (Å²) in [7, 11) is 1.69. The Morgan fingerprint density at radius 3 is 2.65 bits per heavy atom. The molecule has 4 aromatic rings. The second-order valence-corrected chi connectivity index (χ2v) is 14.5. The van der Waals surface area contributed by atoms with Gasteiger partial charge in [-0.2, -0.15) is 0 Å². The molecule has 1 aliphatic carbocycles. The fourth-order valence-corrected chi connectivity index (χ4v) is 7.83. The smallest absolute Gasteiger partial charge is 0.279 e. The fourth-order valence-electron chi connectivity index (χ4n) is 7.83. The first kappa shape index (κ1) is 31.5. The molecular weight excluding hydrogens is 622 g/mol. The molecule has 3 N–H and O–H groups in total. The molecule has 2 saturated heterocycles. The van der Waals surface area contributed by atoms with Gasteiger partial charge in [0.2, 0.25) is 0 Å². The van der Waals surface area contributed by atoms with Crippen LogP contribution in [0.1, 0.15) is 48.1 Å². The maximum Gasteiger partial charge on any atom is 0.279 e. The minimum atomic E-state index is -0.344. The van der Waals surface area contributed by atoms with E-state index < -0.39 is 0 Å². The van der Waals surface area contributed by atoms with Crippen molar-refractivity contribution in [2.24, 2.45) is 12.5 Å². The summed E-state index contributed by atoms with van der Waals surface area (Å²) in [6.45, 7) is 11.1. The normalized spacial score (nSPS) is 20.5. The molecule has 4 aromatic heterocycles. The van der Waals surface area contributed by atoms with E-state index in [0.717, 1.165) is 57.1 Å². The van der Waals surface area contributed by atoms with Crippen molar-refractivity contribution in [3.8, 4) is 11.1 Å². The zero-order valence-corrected chi connectivity index (χ0v) is 28.4. The summed E-state index contributed by atoms with van der Waals surface area (Å²) in [4.78, 5) is 42.8. The number of aliphatic hydroxyl groups is 1. The maximum absolute atomic E-state index is 13.8. The SMILES string of the molecule is C[C@H]1CN(C2COC2)CCN1c1ccc(Nc2cc(-c3ccnc(N4CNn5c(cc6c5CC(C)(C)C6)C4=O)c3CO)cn(C)c2=O)nc1. The Kier molecular flexibility index (Phi) is 7.73. The van der Waals surface area contributed by atoms with Gasteiger partial charge in [0, 0.05) is 61.9 Å². The van der Waals surface area contributed by atoms with E-state index in [1.807, 2.05) is 29.1 Å². The molecule has 4 aliphatic rings. The monoisotopic (exact) mass is 665 g/mol. The van der Waals surface area contributed by atoms with E-state index in [1.54, 1.807) is 36.5 Å². The molecule has 0 aromatic carbocycles. The molecule has 13 nitrogen and oxygen atoms in total. The number of amides is 1. The summed E-state index contributed by atoms with van der Waals surface area (Å²) in [6.07, 6.45) is 7.03. The Balaban J connectivity index is 1.04. The molecule has 0 radical (unpaired) electrons. The number of pyridine rings is 3. The molecule has 0 saturated carbocycles. The molecular formula is C36H43N9O4. The lowest BCUT2D eigenvalue weighted by Crippen LogP contribution is -2.59. The summed E-state index contributed by atoms with van der Waals surface area (Å²) in [6, 6.07) is 10.3. The van der Waals surface area contributed by atoms with Gasteiger partial charge < -0.3 is 30.1 Å². The van der Waals surface area contributed by atoms with Crippen LogP contribution in [-0.2, 0) is 31.2 Å². The molecule has 2 fully saturated rings. The van der Waals surface area contributed by atoms with Crippen LogP contribution in [0, 0.1) is 5.41 Å². The van der Waals surface area contributed by atoms with E-state index in [1.165, 1.54) is 10.1 Å². The number of hydrogen-bond donors (Lipinski definition) is 3. The van der Waals surface area contributed by atoms with Crippen molar-refractivity contribution in [3.05, 3.63) is 81.8 Å². The second-order valence-electron chi connectivity index (χ2n) is 14.5. The number of rotatable bonds is 7. The first-order chi connectivity index (χ1) is 23.6. The van der Waals surface area contributed by atoms with Crippen molar-refractivity contribution < 1.29 is 14.6 Å². The van der Waals surface area contributed by atoms with Crippen LogP contribution in [0.25, 0.3) is 11.1 Å². The lowest BCUT2D eigenvalue weighted by atomic mass is 9.90. The molecule has 49 heavy (non-hydrogen) atoms. The number of ether oxygens (including phenoxy) is 1. The van der Waals surface area contributed by atoms with Crippen molar-refractivity contribution in [2.75, 3.05) is 60.1 Å². The van der Waals surface area contributed by atoms with Crippen molar-refractivity contribution >= 4 is 28.9 Å². The van der Waals surface area contributed by atoms with Crippen LogP contribution < -0.4 is 26.1 Å². The molecule has 7 heterocycles. The molecule has 13 heteroatoms. The standard InChI is InChI=1S/C36H43N9O4/c1-22-16-42(26-19-49-20-26)9-10-43(22)25-5-6-32(38-15-25)40-29-11-24(17-41(4)34(29)47)27-7-8-37-33(28(27)18-46)44-21-39-45-30(35(44)48)12-23-13-36(2,3)14-31(23)45/h5-8,11-12,15,17,22,26,39,46H,9-10,13-14,16,18-21H2,1-4H3,(H,38,40)/t22-/m0/s1. The van der Waals surface area contributed by atoms with Gasteiger partial charge in [-0.25, -0.2) is 9.97 Å². The predicted octanol–water partition coefficient (Wildman–Crippen LogP) is 3.08. The van der Waals surface area contributed by atoms with Crippen molar-refractivity contribution in [3.63, 3.8) is 0 Å². The average Bonchev–Trinajstić information content (AvgIpc) is 3.55. The van der Waals surface area contributed by atoms with Crippen LogP contribution in [-0.4, -0.2) is 86.7 Å². The van der Waals surface area contributed by atoms with Gasteiger partial charge in [-0.05, 0) is 66.6 Å². The van der Waals surface area contributed by atoms with Gasteiger partial charge >= 0.3 is 0 Å². The highest BCUT2D eigenvalue weighted by Gasteiger charge is 2.38. The van der Waals surface area contributed by atoms with Crippen LogP contribution in [0.5, 0.6) is 0 Å². The fraction of sp³-hybridized carbons (Fsp3) is 0.444. The number of fused-ring (bicyclic) bond motifs is 3. The van der Waals surface area contributed by atoms with Crippen LogP contribution in [0.15, 0.2) is 53.7 Å². The summed E-state index contributed by atoms with van der Waals surface area (Å²) in [5.74, 6) is 0.756. The number of piperazine rings is 1. The molecule has 0 unspecified atom stereocenters. The van der Waals surface area contributed by atoms with Crippen molar-refractivity contribution in [1.29, 1.82) is 0 Å². The van der Waals surface area contributed by atoms with Crippen LogP contribution >= 0.6 is 0 Å². The summed E-state index contributed by atoms with van der Waals surface area (Å²) in [5, 5.41) is 13.9. The third-order valence-corrected chi connectivity index (χ3v) is 10.4. The molecule has 1 amide bonds. The first-order valence-electron chi connectivity index (χ1n) is 17.0. The lowest BCUT2D eigenvalue weighted by Gasteiger charge is -2.46. The largest absolute Gasteiger partial charge is 0.392 e. The molecule has 1 atom stereocenters. The van der Waals surface area contributed by atoms with Crippen molar-refractivity contribution in [2.45, 2.75) is 52.3 Å². The van der Waals surface area contributed by atoms with Gasteiger partial charge in [-0.3, -0.25) is 24.1 Å². The van der Waals surface area contributed by atoms with Gasteiger partial charge in [0.1, 0.15) is 29.7 Å². The van der Waals surface area contributed by atoms with Gasteiger partial charge in [0.25, 0.3) is 11.5 Å². The minimum absolute atomic E-state index is 0.164. The molecule has 256 valence electrons. The highest BCUT2D eigenvalue weighted by molar-refractivity contribution is 6.06.